The summed E-state index contributed by atoms with van der Waals surface area (Å²) in [6.07, 6.45) is 0.873. The van der Waals surface area contributed by atoms with Gasteiger partial charge in [-0.1, -0.05) is 65.8 Å². The fourth-order valence-electron chi connectivity index (χ4n) is 1.98. The van der Waals surface area contributed by atoms with Crippen LogP contribution in [0.3, 0.4) is 0 Å². The SMILES string of the molecule is CC.CC.CC.COC(=O)C1CC(=O)c2ccccc2C1. The molecule has 1 aromatic carbocycles. The molecule has 3 nitrogen and oxygen atoms in total. The third-order valence-electron chi connectivity index (χ3n) is 2.75. The van der Waals surface area contributed by atoms with Gasteiger partial charge in [0.05, 0.1) is 13.0 Å². The zero-order valence-corrected chi connectivity index (χ0v) is 14.5. The lowest BCUT2D eigenvalue weighted by Gasteiger charge is -2.21. The van der Waals surface area contributed by atoms with Crippen LogP contribution in [0.1, 0.15) is 63.9 Å². The monoisotopic (exact) mass is 294 g/mol. The minimum Gasteiger partial charge on any atom is -0.469 e. The molecule has 0 N–H and O–H groups in total. The van der Waals surface area contributed by atoms with E-state index in [0.29, 0.717) is 6.42 Å². The van der Waals surface area contributed by atoms with Crippen LogP contribution in [0.4, 0.5) is 0 Å². The second-order valence-electron chi connectivity index (χ2n) is 3.71. The van der Waals surface area contributed by atoms with E-state index in [1.807, 2.05) is 65.8 Å². The third-order valence-corrected chi connectivity index (χ3v) is 2.75. The zero-order chi connectivity index (χ0) is 16.8. The van der Waals surface area contributed by atoms with Gasteiger partial charge in [-0.3, -0.25) is 9.59 Å². The van der Waals surface area contributed by atoms with Crippen LogP contribution in [0.15, 0.2) is 24.3 Å². The van der Waals surface area contributed by atoms with Gasteiger partial charge in [0.1, 0.15) is 0 Å². The number of hydrogen-bond donors (Lipinski definition) is 0. The Bertz CT molecular complexity index is 411. The molecule has 1 aromatic rings. The molecule has 2 rings (SSSR count). The summed E-state index contributed by atoms with van der Waals surface area (Å²) in [6.45, 7) is 12.0. The van der Waals surface area contributed by atoms with Crippen molar-refractivity contribution in [3.05, 3.63) is 35.4 Å². The van der Waals surface area contributed by atoms with Crippen molar-refractivity contribution in [1.82, 2.24) is 0 Å². The van der Waals surface area contributed by atoms with Crippen LogP contribution in [0.25, 0.3) is 0 Å². The molecule has 0 saturated carbocycles. The molecule has 1 atom stereocenters. The van der Waals surface area contributed by atoms with Crippen molar-refractivity contribution in [2.24, 2.45) is 5.92 Å². The Kier molecular flexibility index (Phi) is 13.8. The maximum atomic E-state index is 11.7. The normalized spacial score (nSPS) is 14.8. The summed E-state index contributed by atoms with van der Waals surface area (Å²) in [7, 11) is 1.35. The van der Waals surface area contributed by atoms with Gasteiger partial charge in [0.2, 0.25) is 0 Å². The van der Waals surface area contributed by atoms with Gasteiger partial charge in [-0.25, -0.2) is 0 Å². The van der Waals surface area contributed by atoms with Crippen molar-refractivity contribution in [3.8, 4) is 0 Å². The topological polar surface area (TPSA) is 43.4 Å². The molecule has 1 aliphatic carbocycles. The number of carbonyl (C=O) groups is 2. The number of ether oxygens (including phenoxy) is 1. The predicted octanol–water partition coefficient (Wildman–Crippen LogP) is 4.68. The van der Waals surface area contributed by atoms with Crippen LogP contribution in [0.5, 0.6) is 0 Å². The molecule has 0 fully saturated rings. The maximum Gasteiger partial charge on any atom is 0.309 e. The minimum atomic E-state index is -0.308. The van der Waals surface area contributed by atoms with E-state index in [-0.39, 0.29) is 24.1 Å². The molecular weight excluding hydrogens is 264 g/mol. The molecule has 120 valence electrons. The Balaban J connectivity index is 0. The first-order valence-electron chi connectivity index (χ1n) is 7.91. The van der Waals surface area contributed by atoms with Crippen LogP contribution in [-0.2, 0) is 16.0 Å². The Morgan fingerprint density at radius 3 is 2.05 bits per heavy atom. The van der Waals surface area contributed by atoms with Crippen molar-refractivity contribution >= 4 is 11.8 Å². The smallest absolute Gasteiger partial charge is 0.309 e. The van der Waals surface area contributed by atoms with E-state index in [4.69, 9.17) is 0 Å². The van der Waals surface area contributed by atoms with Crippen LogP contribution in [0, 0.1) is 5.92 Å². The van der Waals surface area contributed by atoms with Gasteiger partial charge in [0, 0.05) is 12.0 Å². The molecular formula is C18H30O3. The molecule has 3 heteroatoms. The van der Waals surface area contributed by atoms with Crippen molar-refractivity contribution in [2.75, 3.05) is 7.11 Å². The van der Waals surface area contributed by atoms with Crippen molar-refractivity contribution in [3.63, 3.8) is 0 Å². The number of hydrogen-bond acceptors (Lipinski definition) is 3. The summed E-state index contributed by atoms with van der Waals surface area (Å²) in [5.74, 6) is -0.567. The Hall–Kier alpha value is -1.64. The maximum absolute atomic E-state index is 11.7. The first-order valence-corrected chi connectivity index (χ1v) is 7.91. The molecule has 0 radical (unpaired) electrons. The molecule has 0 heterocycles. The van der Waals surface area contributed by atoms with E-state index in [9.17, 15) is 9.59 Å². The molecule has 1 aliphatic rings. The standard InChI is InChI=1S/C12H12O3.3C2H6/c1-15-12(14)9-6-8-4-2-3-5-10(8)11(13)7-9;3*1-2/h2-5,9H,6-7H2,1H3;3*1-2H3. The van der Waals surface area contributed by atoms with Crippen LogP contribution >= 0.6 is 0 Å². The number of esters is 1. The Morgan fingerprint density at radius 2 is 1.52 bits per heavy atom. The van der Waals surface area contributed by atoms with E-state index >= 15 is 0 Å². The number of carbonyl (C=O) groups excluding carboxylic acids is 2. The highest BCUT2D eigenvalue weighted by Gasteiger charge is 2.29. The fraction of sp³-hybridized carbons (Fsp3) is 0.556. The summed E-state index contributed by atoms with van der Waals surface area (Å²) in [4.78, 5) is 23.1. The van der Waals surface area contributed by atoms with Gasteiger partial charge < -0.3 is 4.74 Å². The minimum absolute atomic E-state index is 0.0345. The van der Waals surface area contributed by atoms with Crippen molar-refractivity contribution in [1.29, 1.82) is 0 Å². The lowest BCUT2D eigenvalue weighted by atomic mass is 9.83. The van der Waals surface area contributed by atoms with E-state index in [1.165, 1.54) is 7.11 Å². The number of ketones is 1. The molecule has 0 aliphatic heterocycles. The van der Waals surface area contributed by atoms with Crippen LogP contribution in [0.2, 0.25) is 0 Å². The number of rotatable bonds is 1. The lowest BCUT2D eigenvalue weighted by molar-refractivity contribution is -0.145. The highest BCUT2D eigenvalue weighted by molar-refractivity contribution is 6.01. The van der Waals surface area contributed by atoms with Gasteiger partial charge in [-0.2, -0.15) is 0 Å². The van der Waals surface area contributed by atoms with E-state index < -0.39 is 0 Å². The van der Waals surface area contributed by atoms with E-state index in [1.54, 1.807) is 0 Å². The second kappa shape index (κ2) is 13.3. The summed E-state index contributed by atoms with van der Waals surface area (Å²) in [5.41, 5.74) is 1.70. The number of fused-ring (bicyclic) bond motifs is 1. The first-order chi connectivity index (χ1) is 10.2. The average Bonchev–Trinajstić information content (AvgIpc) is 2.59. The molecule has 0 aromatic heterocycles. The molecule has 0 saturated heterocycles. The van der Waals surface area contributed by atoms with Crippen LogP contribution < -0.4 is 0 Å². The van der Waals surface area contributed by atoms with Gasteiger partial charge in [-0.05, 0) is 12.0 Å². The molecule has 0 bridgehead atoms. The highest BCUT2D eigenvalue weighted by Crippen LogP contribution is 2.25. The number of methoxy groups -OCH3 is 1. The lowest BCUT2D eigenvalue weighted by Crippen LogP contribution is -2.27. The third kappa shape index (κ3) is 6.56. The van der Waals surface area contributed by atoms with Crippen molar-refractivity contribution < 1.29 is 14.3 Å². The molecule has 21 heavy (non-hydrogen) atoms. The van der Waals surface area contributed by atoms with Gasteiger partial charge in [0.25, 0.3) is 0 Å². The average molecular weight is 294 g/mol. The fourth-order valence-corrected chi connectivity index (χ4v) is 1.98. The van der Waals surface area contributed by atoms with E-state index in [0.717, 1.165) is 11.1 Å². The summed E-state index contributed by atoms with van der Waals surface area (Å²) in [5, 5.41) is 0. The van der Waals surface area contributed by atoms with Crippen molar-refractivity contribution in [2.45, 2.75) is 54.4 Å². The summed E-state index contributed by atoms with van der Waals surface area (Å²) >= 11 is 0. The van der Waals surface area contributed by atoms with Gasteiger partial charge in [0.15, 0.2) is 5.78 Å². The molecule has 0 spiro atoms. The second-order valence-corrected chi connectivity index (χ2v) is 3.71. The van der Waals surface area contributed by atoms with Gasteiger partial charge >= 0.3 is 5.97 Å². The first kappa shape index (κ1) is 21.7. The zero-order valence-electron chi connectivity index (χ0n) is 14.5. The molecule has 0 amide bonds. The number of Topliss-reactive ketones (excluding diaryl/α,β-unsaturated/α-hetero) is 1. The summed E-state index contributed by atoms with van der Waals surface area (Å²) in [6, 6.07) is 7.43. The summed E-state index contributed by atoms with van der Waals surface area (Å²) < 4.78 is 4.66. The predicted molar refractivity (Wildman–Crippen MR) is 88.6 cm³/mol. The Morgan fingerprint density at radius 1 is 1.00 bits per heavy atom. The quantitative estimate of drug-likeness (QED) is 0.706. The van der Waals surface area contributed by atoms with E-state index in [2.05, 4.69) is 4.74 Å². The van der Waals surface area contributed by atoms with Gasteiger partial charge in [-0.15, -0.1) is 0 Å². The Labute approximate surface area is 129 Å². The largest absolute Gasteiger partial charge is 0.469 e. The number of benzene rings is 1. The molecule has 1 unspecified atom stereocenters. The highest BCUT2D eigenvalue weighted by atomic mass is 16.5. The van der Waals surface area contributed by atoms with Crippen LogP contribution in [-0.4, -0.2) is 18.9 Å².